The fraction of sp³-hybridized carbons (Fsp3) is 0.400. The first-order valence-corrected chi connectivity index (χ1v) is 4.52. The Balaban J connectivity index is 2.54. The highest BCUT2D eigenvalue weighted by atomic mass is 19.2. The molecule has 1 aromatic carbocycles. The van der Waals surface area contributed by atoms with Crippen molar-refractivity contribution in [3.8, 4) is 0 Å². The van der Waals surface area contributed by atoms with Gasteiger partial charge >= 0.3 is 0 Å². The summed E-state index contributed by atoms with van der Waals surface area (Å²) < 4.78 is 38.9. The van der Waals surface area contributed by atoms with Crippen LogP contribution in [0.5, 0.6) is 0 Å². The molecule has 0 aromatic heterocycles. The largest absolute Gasteiger partial charge is 0.382 e. The van der Waals surface area contributed by atoms with E-state index in [1.807, 2.05) is 6.92 Å². The number of halogens is 3. The number of benzene rings is 1. The average molecular weight is 201 g/mol. The molecule has 0 saturated heterocycles. The number of nitrogens with one attached hydrogen (secondary N) is 1. The van der Waals surface area contributed by atoms with Crippen LogP contribution in [0.1, 0.15) is 18.9 Å². The van der Waals surface area contributed by atoms with E-state index in [0.717, 1.165) is 12.5 Å². The Bertz CT molecular complexity index is 376. The Morgan fingerprint density at radius 2 is 2.00 bits per heavy atom. The first-order valence-electron chi connectivity index (χ1n) is 4.52. The molecule has 0 amide bonds. The molecule has 76 valence electrons. The SMILES string of the molecule is CC1CCc2c(cc(F)c(F)c2F)N1. The molecule has 1 aliphatic rings. The lowest BCUT2D eigenvalue weighted by atomic mass is 9.98. The molecule has 14 heavy (non-hydrogen) atoms. The van der Waals surface area contributed by atoms with Crippen LogP contribution in [0.4, 0.5) is 18.9 Å². The average Bonchev–Trinajstić information content (AvgIpc) is 2.14. The van der Waals surface area contributed by atoms with Gasteiger partial charge in [0, 0.05) is 23.4 Å². The Kier molecular flexibility index (Phi) is 2.13. The minimum Gasteiger partial charge on any atom is -0.382 e. The quantitative estimate of drug-likeness (QED) is 0.636. The lowest BCUT2D eigenvalue weighted by Gasteiger charge is -2.24. The van der Waals surface area contributed by atoms with Crippen molar-refractivity contribution < 1.29 is 13.2 Å². The zero-order chi connectivity index (χ0) is 10.3. The third kappa shape index (κ3) is 1.35. The third-order valence-electron chi connectivity index (χ3n) is 2.49. The number of anilines is 1. The predicted octanol–water partition coefficient (Wildman–Crippen LogP) is 2.85. The second-order valence-electron chi connectivity index (χ2n) is 3.60. The summed E-state index contributed by atoms with van der Waals surface area (Å²) in [6, 6.07) is 1.19. The maximum atomic E-state index is 13.2. The van der Waals surface area contributed by atoms with Gasteiger partial charge in [0.2, 0.25) is 0 Å². The number of fused-ring (bicyclic) bond motifs is 1. The summed E-state index contributed by atoms with van der Waals surface area (Å²) in [6.45, 7) is 1.92. The third-order valence-corrected chi connectivity index (χ3v) is 2.49. The fourth-order valence-electron chi connectivity index (χ4n) is 1.70. The zero-order valence-electron chi connectivity index (χ0n) is 7.70. The lowest BCUT2D eigenvalue weighted by Crippen LogP contribution is -2.23. The summed E-state index contributed by atoms with van der Waals surface area (Å²) in [5.41, 5.74) is 0.627. The maximum absolute atomic E-state index is 13.2. The summed E-state index contributed by atoms with van der Waals surface area (Å²) in [4.78, 5) is 0. The van der Waals surface area contributed by atoms with Gasteiger partial charge in [-0.15, -0.1) is 0 Å². The Morgan fingerprint density at radius 3 is 2.71 bits per heavy atom. The molecule has 0 saturated carbocycles. The summed E-state index contributed by atoms with van der Waals surface area (Å²) in [5, 5.41) is 2.92. The van der Waals surface area contributed by atoms with Crippen molar-refractivity contribution in [1.82, 2.24) is 0 Å². The van der Waals surface area contributed by atoms with Crippen LogP contribution < -0.4 is 5.32 Å². The van der Waals surface area contributed by atoms with Gasteiger partial charge in [0.15, 0.2) is 17.5 Å². The molecule has 1 aliphatic heterocycles. The van der Waals surface area contributed by atoms with Crippen LogP contribution in [-0.2, 0) is 6.42 Å². The van der Waals surface area contributed by atoms with E-state index in [-0.39, 0.29) is 11.6 Å². The van der Waals surface area contributed by atoms with E-state index in [2.05, 4.69) is 5.32 Å². The minimum atomic E-state index is -1.37. The summed E-state index contributed by atoms with van der Waals surface area (Å²) >= 11 is 0. The van der Waals surface area contributed by atoms with Crippen molar-refractivity contribution in [2.75, 3.05) is 5.32 Å². The molecule has 1 unspecified atom stereocenters. The van der Waals surface area contributed by atoms with Gasteiger partial charge in [0.1, 0.15) is 0 Å². The Hall–Kier alpha value is -1.19. The first kappa shape index (κ1) is 9.37. The molecule has 0 fully saturated rings. The van der Waals surface area contributed by atoms with Gasteiger partial charge in [-0.3, -0.25) is 0 Å². The van der Waals surface area contributed by atoms with Crippen molar-refractivity contribution in [2.24, 2.45) is 0 Å². The minimum absolute atomic E-state index is 0.173. The van der Waals surface area contributed by atoms with E-state index in [0.29, 0.717) is 12.1 Å². The van der Waals surface area contributed by atoms with Crippen LogP contribution in [0.2, 0.25) is 0 Å². The molecule has 0 radical (unpaired) electrons. The van der Waals surface area contributed by atoms with Gasteiger partial charge < -0.3 is 5.32 Å². The molecule has 0 aliphatic carbocycles. The van der Waals surface area contributed by atoms with Gasteiger partial charge in [0.05, 0.1) is 0 Å². The zero-order valence-corrected chi connectivity index (χ0v) is 7.70. The number of hydrogen-bond acceptors (Lipinski definition) is 1. The Morgan fingerprint density at radius 1 is 1.29 bits per heavy atom. The molecule has 1 heterocycles. The van der Waals surface area contributed by atoms with Crippen LogP contribution in [0.15, 0.2) is 6.07 Å². The van der Waals surface area contributed by atoms with E-state index in [1.165, 1.54) is 0 Å². The number of rotatable bonds is 0. The van der Waals surface area contributed by atoms with Gasteiger partial charge in [-0.1, -0.05) is 0 Å². The standard InChI is InChI=1S/C10H10F3N/c1-5-2-3-6-8(14-5)4-7(11)10(13)9(6)12/h4-5,14H,2-3H2,1H3. The van der Waals surface area contributed by atoms with Gasteiger partial charge in [-0.2, -0.15) is 0 Å². The van der Waals surface area contributed by atoms with E-state index >= 15 is 0 Å². The van der Waals surface area contributed by atoms with Crippen molar-refractivity contribution in [1.29, 1.82) is 0 Å². The van der Waals surface area contributed by atoms with E-state index < -0.39 is 17.5 Å². The molecule has 4 heteroatoms. The van der Waals surface area contributed by atoms with Crippen LogP contribution in [-0.4, -0.2) is 6.04 Å². The van der Waals surface area contributed by atoms with Gasteiger partial charge in [-0.25, -0.2) is 13.2 Å². The van der Waals surface area contributed by atoms with Gasteiger partial charge in [0.25, 0.3) is 0 Å². The molecule has 2 rings (SSSR count). The molecule has 0 bridgehead atoms. The second kappa shape index (κ2) is 3.19. The molecule has 1 aromatic rings. The highest BCUT2D eigenvalue weighted by Crippen LogP contribution is 2.29. The van der Waals surface area contributed by atoms with Crippen molar-refractivity contribution in [3.63, 3.8) is 0 Å². The monoisotopic (exact) mass is 201 g/mol. The molecule has 1 atom stereocenters. The van der Waals surface area contributed by atoms with E-state index in [1.54, 1.807) is 0 Å². The van der Waals surface area contributed by atoms with Crippen molar-refractivity contribution >= 4 is 5.69 Å². The predicted molar refractivity (Wildman–Crippen MR) is 47.7 cm³/mol. The first-order chi connectivity index (χ1) is 6.59. The molecule has 0 spiro atoms. The Labute approximate surface area is 79.9 Å². The molecule has 1 nitrogen and oxygen atoms in total. The lowest BCUT2D eigenvalue weighted by molar-refractivity contribution is 0.437. The topological polar surface area (TPSA) is 12.0 Å². The smallest absolute Gasteiger partial charge is 0.194 e. The van der Waals surface area contributed by atoms with Crippen LogP contribution in [0.25, 0.3) is 0 Å². The van der Waals surface area contributed by atoms with E-state index in [4.69, 9.17) is 0 Å². The normalized spacial score (nSPS) is 20.1. The van der Waals surface area contributed by atoms with E-state index in [9.17, 15) is 13.2 Å². The van der Waals surface area contributed by atoms with Crippen molar-refractivity contribution in [2.45, 2.75) is 25.8 Å². The highest BCUT2D eigenvalue weighted by molar-refractivity contribution is 5.54. The summed E-state index contributed by atoms with van der Waals surface area (Å²) in [6.07, 6.45) is 1.18. The molecular formula is C10H10F3N. The highest BCUT2D eigenvalue weighted by Gasteiger charge is 2.22. The summed E-state index contributed by atoms with van der Waals surface area (Å²) in [7, 11) is 0. The second-order valence-corrected chi connectivity index (χ2v) is 3.60. The van der Waals surface area contributed by atoms with Gasteiger partial charge in [-0.05, 0) is 19.8 Å². The molecular weight excluding hydrogens is 191 g/mol. The fourth-order valence-corrected chi connectivity index (χ4v) is 1.70. The summed E-state index contributed by atoms with van der Waals surface area (Å²) in [5.74, 6) is -3.57. The maximum Gasteiger partial charge on any atom is 0.194 e. The van der Waals surface area contributed by atoms with Crippen LogP contribution >= 0.6 is 0 Å². The number of hydrogen-bond donors (Lipinski definition) is 1. The van der Waals surface area contributed by atoms with Crippen LogP contribution in [0, 0.1) is 17.5 Å². The van der Waals surface area contributed by atoms with Crippen LogP contribution in [0.3, 0.4) is 0 Å². The van der Waals surface area contributed by atoms with Crippen molar-refractivity contribution in [3.05, 3.63) is 29.1 Å². The molecule has 1 N–H and O–H groups in total.